The van der Waals surface area contributed by atoms with Crippen molar-refractivity contribution in [2.45, 2.75) is 33.2 Å². The van der Waals surface area contributed by atoms with Gasteiger partial charge in [-0.3, -0.25) is 0 Å². The fourth-order valence-electron chi connectivity index (χ4n) is 0.626. The summed E-state index contributed by atoms with van der Waals surface area (Å²) in [6.07, 6.45) is 3.12. The molecule has 2 N–H and O–H groups in total. The van der Waals surface area contributed by atoms with E-state index in [1.54, 1.807) is 0 Å². The highest BCUT2D eigenvalue weighted by Gasteiger charge is 1.92. The first-order valence-electron chi connectivity index (χ1n) is 3.04. The molecule has 0 aromatic rings. The van der Waals surface area contributed by atoms with Crippen LogP contribution in [0.1, 0.15) is 27.2 Å². The molecule has 0 radical (unpaired) electrons. The molecule has 0 bridgehead atoms. The first kappa shape index (κ1) is 7.70. The quantitative estimate of drug-likeness (QED) is 0.542. The van der Waals surface area contributed by atoms with Crippen molar-refractivity contribution in [1.82, 2.24) is 0 Å². The molecule has 0 aromatic heterocycles. The Balaban J connectivity index is 3.39. The van der Waals surface area contributed by atoms with Gasteiger partial charge in [-0.15, -0.1) is 0 Å². The predicted molar refractivity (Wildman–Crippen MR) is 37.7 cm³/mol. The van der Waals surface area contributed by atoms with Gasteiger partial charge in [0.15, 0.2) is 0 Å². The summed E-state index contributed by atoms with van der Waals surface area (Å²) in [5.41, 5.74) is 6.90. The number of hydrogen-bond acceptors (Lipinski definition) is 1. The number of nitrogens with two attached hydrogens (primary N) is 1. The summed E-state index contributed by atoms with van der Waals surface area (Å²) >= 11 is 0. The van der Waals surface area contributed by atoms with Gasteiger partial charge in [0.2, 0.25) is 0 Å². The number of hydrogen-bond donors (Lipinski definition) is 1. The minimum absolute atomic E-state index is 0.311. The van der Waals surface area contributed by atoms with Crippen LogP contribution in [-0.4, -0.2) is 6.04 Å². The SMILES string of the molecule is CC=C(C)CC(C)N. The number of allylic oxidation sites excluding steroid dienone is 1. The molecular weight excluding hydrogens is 98.1 g/mol. The summed E-state index contributed by atoms with van der Waals surface area (Å²) in [5.74, 6) is 0. The van der Waals surface area contributed by atoms with Crippen LogP contribution in [0.15, 0.2) is 11.6 Å². The van der Waals surface area contributed by atoms with Gasteiger partial charge in [-0.05, 0) is 27.2 Å². The van der Waals surface area contributed by atoms with Crippen molar-refractivity contribution in [1.29, 1.82) is 0 Å². The lowest BCUT2D eigenvalue weighted by atomic mass is 10.1. The molecule has 0 amide bonds. The maximum absolute atomic E-state index is 5.53. The van der Waals surface area contributed by atoms with Crippen molar-refractivity contribution in [2.24, 2.45) is 5.73 Å². The van der Waals surface area contributed by atoms with E-state index in [-0.39, 0.29) is 0 Å². The molecule has 48 valence electrons. The van der Waals surface area contributed by atoms with Gasteiger partial charge < -0.3 is 5.73 Å². The molecule has 0 rings (SSSR count). The standard InChI is InChI=1S/C7H15N/c1-4-6(2)5-7(3)8/h4,7H,5,8H2,1-3H3. The summed E-state index contributed by atoms with van der Waals surface area (Å²) in [5, 5.41) is 0. The van der Waals surface area contributed by atoms with Crippen LogP contribution >= 0.6 is 0 Å². The lowest BCUT2D eigenvalue weighted by Crippen LogP contribution is -2.14. The molecule has 0 aliphatic carbocycles. The van der Waals surface area contributed by atoms with Crippen LogP contribution < -0.4 is 5.73 Å². The highest BCUT2D eigenvalue weighted by molar-refractivity contribution is 4.97. The Kier molecular flexibility index (Phi) is 3.53. The third-order valence-corrected chi connectivity index (χ3v) is 1.14. The molecule has 0 heterocycles. The van der Waals surface area contributed by atoms with Crippen LogP contribution in [0.25, 0.3) is 0 Å². The van der Waals surface area contributed by atoms with Crippen LogP contribution in [-0.2, 0) is 0 Å². The topological polar surface area (TPSA) is 26.0 Å². The third-order valence-electron chi connectivity index (χ3n) is 1.14. The largest absolute Gasteiger partial charge is 0.328 e. The Labute approximate surface area is 51.6 Å². The average molecular weight is 113 g/mol. The van der Waals surface area contributed by atoms with E-state index in [0.717, 1.165) is 6.42 Å². The van der Waals surface area contributed by atoms with Gasteiger partial charge in [-0.25, -0.2) is 0 Å². The zero-order valence-corrected chi connectivity index (χ0v) is 5.94. The van der Waals surface area contributed by atoms with Crippen LogP contribution in [0.4, 0.5) is 0 Å². The molecule has 0 aromatic carbocycles. The molecule has 0 saturated heterocycles. The van der Waals surface area contributed by atoms with Crippen molar-refractivity contribution >= 4 is 0 Å². The summed E-state index contributed by atoms with van der Waals surface area (Å²) < 4.78 is 0. The van der Waals surface area contributed by atoms with E-state index in [1.165, 1.54) is 5.57 Å². The van der Waals surface area contributed by atoms with E-state index < -0.39 is 0 Å². The van der Waals surface area contributed by atoms with Crippen LogP contribution in [0.3, 0.4) is 0 Å². The van der Waals surface area contributed by atoms with Crippen molar-refractivity contribution in [2.75, 3.05) is 0 Å². The molecule has 0 aliphatic heterocycles. The van der Waals surface area contributed by atoms with E-state index in [9.17, 15) is 0 Å². The van der Waals surface area contributed by atoms with Crippen LogP contribution in [0, 0.1) is 0 Å². The molecule has 0 aliphatic rings. The van der Waals surface area contributed by atoms with Crippen molar-refractivity contribution in [3.05, 3.63) is 11.6 Å². The second-order valence-corrected chi connectivity index (χ2v) is 2.32. The normalized spacial score (nSPS) is 16.2. The smallest absolute Gasteiger partial charge is 0.00475 e. The monoisotopic (exact) mass is 113 g/mol. The maximum Gasteiger partial charge on any atom is 0.00475 e. The van der Waals surface area contributed by atoms with Crippen LogP contribution in [0.5, 0.6) is 0 Å². The van der Waals surface area contributed by atoms with E-state index in [4.69, 9.17) is 5.73 Å². The minimum Gasteiger partial charge on any atom is -0.328 e. The summed E-state index contributed by atoms with van der Waals surface area (Å²) in [4.78, 5) is 0. The molecule has 0 fully saturated rings. The van der Waals surface area contributed by atoms with Crippen molar-refractivity contribution in [3.8, 4) is 0 Å². The van der Waals surface area contributed by atoms with Crippen molar-refractivity contribution in [3.63, 3.8) is 0 Å². The summed E-state index contributed by atoms with van der Waals surface area (Å²) in [6, 6.07) is 0.311. The average Bonchev–Trinajstić information content (AvgIpc) is 1.65. The molecule has 0 spiro atoms. The Morgan fingerprint density at radius 1 is 1.75 bits per heavy atom. The van der Waals surface area contributed by atoms with Crippen molar-refractivity contribution < 1.29 is 0 Å². The highest BCUT2D eigenvalue weighted by atomic mass is 14.6. The Morgan fingerprint density at radius 3 is 2.38 bits per heavy atom. The molecule has 1 heteroatoms. The third kappa shape index (κ3) is 3.88. The zero-order valence-electron chi connectivity index (χ0n) is 5.94. The zero-order chi connectivity index (χ0) is 6.57. The molecule has 1 unspecified atom stereocenters. The van der Waals surface area contributed by atoms with Gasteiger partial charge in [-0.1, -0.05) is 11.6 Å². The second-order valence-electron chi connectivity index (χ2n) is 2.32. The molecule has 1 nitrogen and oxygen atoms in total. The second kappa shape index (κ2) is 3.67. The lowest BCUT2D eigenvalue weighted by Gasteiger charge is -2.02. The van der Waals surface area contributed by atoms with Gasteiger partial charge >= 0.3 is 0 Å². The minimum atomic E-state index is 0.311. The first-order valence-corrected chi connectivity index (χ1v) is 3.04. The van der Waals surface area contributed by atoms with Gasteiger partial charge in [0.25, 0.3) is 0 Å². The molecular formula is C7H15N. The number of rotatable bonds is 2. The summed E-state index contributed by atoms with van der Waals surface area (Å²) in [7, 11) is 0. The van der Waals surface area contributed by atoms with E-state index in [0.29, 0.717) is 6.04 Å². The van der Waals surface area contributed by atoms with Gasteiger partial charge in [0, 0.05) is 6.04 Å². The van der Waals surface area contributed by atoms with Crippen LogP contribution in [0.2, 0.25) is 0 Å². The molecule has 1 atom stereocenters. The molecule has 0 saturated carbocycles. The predicted octanol–water partition coefficient (Wildman–Crippen LogP) is 1.69. The Bertz CT molecular complexity index is 82.4. The van der Waals surface area contributed by atoms with Gasteiger partial charge in [0.05, 0.1) is 0 Å². The lowest BCUT2D eigenvalue weighted by molar-refractivity contribution is 0.730. The fourth-order valence-corrected chi connectivity index (χ4v) is 0.626. The highest BCUT2D eigenvalue weighted by Crippen LogP contribution is 2.00. The maximum atomic E-state index is 5.53. The summed E-state index contributed by atoms with van der Waals surface area (Å²) in [6.45, 7) is 6.16. The van der Waals surface area contributed by atoms with E-state index in [1.807, 2.05) is 13.8 Å². The first-order chi connectivity index (χ1) is 3.66. The molecule has 8 heavy (non-hydrogen) atoms. The van der Waals surface area contributed by atoms with E-state index >= 15 is 0 Å². The van der Waals surface area contributed by atoms with E-state index in [2.05, 4.69) is 13.0 Å². The fraction of sp³-hybridized carbons (Fsp3) is 0.714. The van der Waals surface area contributed by atoms with Gasteiger partial charge in [-0.2, -0.15) is 0 Å². The Morgan fingerprint density at radius 2 is 2.25 bits per heavy atom. The Hall–Kier alpha value is -0.300. The van der Waals surface area contributed by atoms with Gasteiger partial charge in [0.1, 0.15) is 0 Å².